The smallest absolute Gasteiger partial charge is 0.312 e. The second kappa shape index (κ2) is 5.35. The number of carboxylic acids is 1. The highest BCUT2D eigenvalue weighted by atomic mass is 16.5. The Morgan fingerprint density at radius 1 is 1.39 bits per heavy atom. The third kappa shape index (κ3) is 2.88. The minimum atomic E-state index is -0.963. The summed E-state index contributed by atoms with van der Waals surface area (Å²) in [5.74, 6) is 0.0250. The van der Waals surface area contributed by atoms with E-state index >= 15 is 0 Å². The first-order valence-corrected chi connectivity index (χ1v) is 5.58. The number of aliphatic carboxylic acids is 1. The van der Waals surface area contributed by atoms with Crippen LogP contribution in [0, 0.1) is 0 Å². The van der Waals surface area contributed by atoms with Crippen molar-refractivity contribution in [2.75, 3.05) is 6.61 Å². The zero-order valence-corrected chi connectivity index (χ0v) is 9.92. The molecule has 0 aliphatic rings. The second-order valence-electron chi connectivity index (χ2n) is 3.65. The Morgan fingerprint density at radius 2 is 2.11 bits per heavy atom. The molecule has 2 rings (SSSR count). The predicted octanol–water partition coefficient (Wildman–Crippen LogP) is 2.37. The van der Waals surface area contributed by atoms with Crippen LogP contribution in [0.4, 0.5) is 0 Å². The van der Waals surface area contributed by atoms with Crippen molar-refractivity contribution in [2.45, 2.75) is 13.3 Å². The summed E-state index contributed by atoms with van der Waals surface area (Å²) < 4.78 is 10.4. The number of nitrogens with zero attached hydrogens (tertiary/aromatic N) is 1. The van der Waals surface area contributed by atoms with E-state index < -0.39 is 5.97 Å². The maximum absolute atomic E-state index is 10.5. The molecular weight excluding hydrogens is 234 g/mol. The molecule has 0 atom stereocenters. The lowest BCUT2D eigenvalue weighted by molar-refractivity contribution is -0.136. The lowest BCUT2D eigenvalue weighted by Crippen LogP contribution is -1.99. The van der Waals surface area contributed by atoms with E-state index in [9.17, 15) is 4.79 Å². The Hall–Kier alpha value is -2.30. The van der Waals surface area contributed by atoms with Gasteiger partial charge < -0.3 is 14.3 Å². The van der Waals surface area contributed by atoms with Crippen molar-refractivity contribution < 1.29 is 19.1 Å². The lowest BCUT2D eigenvalue weighted by atomic mass is 10.2. The third-order valence-electron chi connectivity index (χ3n) is 2.32. The second-order valence-corrected chi connectivity index (χ2v) is 3.65. The van der Waals surface area contributed by atoms with Gasteiger partial charge in [0.25, 0.3) is 0 Å². The number of benzene rings is 1. The van der Waals surface area contributed by atoms with Crippen LogP contribution in [0.3, 0.4) is 0 Å². The SMILES string of the molecule is CCOc1ccc(-c2coc(CC(=O)O)n2)cc1. The maximum Gasteiger partial charge on any atom is 0.312 e. The van der Waals surface area contributed by atoms with Gasteiger partial charge in [-0.05, 0) is 31.2 Å². The number of aromatic nitrogens is 1. The zero-order chi connectivity index (χ0) is 13.0. The van der Waals surface area contributed by atoms with Gasteiger partial charge in [-0.25, -0.2) is 4.98 Å². The highest BCUT2D eigenvalue weighted by Crippen LogP contribution is 2.22. The van der Waals surface area contributed by atoms with Crippen LogP contribution in [0.2, 0.25) is 0 Å². The van der Waals surface area contributed by atoms with Crippen molar-refractivity contribution in [3.63, 3.8) is 0 Å². The minimum Gasteiger partial charge on any atom is -0.494 e. The Morgan fingerprint density at radius 3 is 2.72 bits per heavy atom. The summed E-state index contributed by atoms with van der Waals surface area (Å²) in [4.78, 5) is 14.6. The van der Waals surface area contributed by atoms with Crippen molar-refractivity contribution >= 4 is 5.97 Å². The van der Waals surface area contributed by atoms with Gasteiger partial charge in [0.15, 0.2) is 0 Å². The number of oxazole rings is 1. The molecule has 0 saturated heterocycles. The molecule has 94 valence electrons. The van der Waals surface area contributed by atoms with Gasteiger partial charge in [-0.2, -0.15) is 0 Å². The number of hydrogen-bond acceptors (Lipinski definition) is 4. The molecule has 1 heterocycles. The fraction of sp³-hybridized carbons (Fsp3) is 0.231. The molecule has 0 aliphatic heterocycles. The predicted molar refractivity (Wildman–Crippen MR) is 64.4 cm³/mol. The highest BCUT2D eigenvalue weighted by molar-refractivity contribution is 5.69. The molecule has 1 N–H and O–H groups in total. The first-order valence-electron chi connectivity index (χ1n) is 5.58. The van der Waals surface area contributed by atoms with Crippen LogP contribution in [-0.2, 0) is 11.2 Å². The van der Waals surface area contributed by atoms with Crippen molar-refractivity contribution in [2.24, 2.45) is 0 Å². The van der Waals surface area contributed by atoms with Gasteiger partial charge >= 0.3 is 5.97 Å². The van der Waals surface area contributed by atoms with Crippen LogP contribution < -0.4 is 4.74 Å². The van der Waals surface area contributed by atoms with E-state index in [2.05, 4.69) is 4.98 Å². The average molecular weight is 247 g/mol. The number of ether oxygens (including phenoxy) is 1. The van der Waals surface area contributed by atoms with E-state index in [0.29, 0.717) is 12.3 Å². The van der Waals surface area contributed by atoms with Crippen LogP contribution >= 0.6 is 0 Å². The Balaban J connectivity index is 2.15. The van der Waals surface area contributed by atoms with E-state index in [1.54, 1.807) is 0 Å². The van der Waals surface area contributed by atoms with Crippen molar-refractivity contribution in [3.8, 4) is 17.0 Å². The highest BCUT2D eigenvalue weighted by Gasteiger charge is 2.09. The topological polar surface area (TPSA) is 72.6 Å². The van der Waals surface area contributed by atoms with Crippen LogP contribution in [-0.4, -0.2) is 22.7 Å². The van der Waals surface area contributed by atoms with Gasteiger partial charge in [-0.3, -0.25) is 4.79 Å². The summed E-state index contributed by atoms with van der Waals surface area (Å²) in [6.07, 6.45) is 1.24. The standard InChI is InChI=1S/C13H13NO4/c1-2-17-10-5-3-9(4-6-10)11-8-18-12(14-11)7-13(15)16/h3-6,8H,2,7H2,1H3,(H,15,16). The summed E-state index contributed by atoms with van der Waals surface area (Å²) in [6, 6.07) is 7.38. The summed E-state index contributed by atoms with van der Waals surface area (Å²) >= 11 is 0. The van der Waals surface area contributed by atoms with Gasteiger partial charge in [0, 0.05) is 5.56 Å². The van der Waals surface area contributed by atoms with Gasteiger partial charge in [-0.1, -0.05) is 0 Å². The van der Waals surface area contributed by atoms with Crippen molar-refractivity contribution in [1.29, 1.82) is 0 Å². The first-order chi connectivity index (χ1) is 8.69. The molecule has 0 unspecified atom stereocenters. The summed E-state index contributed by atoms with van der Waals surface area (Å²) in [6.45, 7) is 2.54. The molecular formula is C13H13NO4. The van der Waals surface area contributed by atoms with E-state index in [4.69, 9.17) is 14.3 Å². The van der Waals surface area contributed by atoms with Crippen LogP contribution in [0.1, 0.15) is 12.8 Å². The molecule has 0 aliphatic carbocycles. The Bertz CT molecular complexity index is 530. The minimum absolute atomic E-state index is 0.200. The summed E-state index contributed by atoms with van der Waals surface area (Å²) in [5, 5.41) is 8.63. The fourth-order valence-electron chi connectivity index (χ4n) is 1.54. The van der Waals surface area contributed by atoms with Crippen molar-refractivity contribution in [1.82, 2.24) is 4.98 Å². The molecule has 0 bridgehead atoms. The largest absolute Gasteiger partial charge is 0.494 e. The fourth-order valence-corrected chi connectivity index (χ4v) is 1.54. The molecule has 0 spiro atoms. The first kappa shape index (κ1) is 12.2. The molecule has 5 nitrogen and oxygen atoms in total. The van der Waals surface area contributed by atoms with Gasteiger partial charge in [0.2, 0.25) is 5.89 Å². The maximum atomic E-state index is 10.5. The van der Waals surface area contributed by atoms with E-state index in [-0.39, 0.29) is 12.3 Å². The monoisotopic (exact) mass is 247 g/mol. The number of rotatable bonds is 5. The quantitative estimate of drug-likeness (QED) is 0.878. The van der Waals surface area contributed by atoms with Crippen LogP contribution in [0.5, 0.6) is 5.75 Å². The zero-order valence-electron chi connectivity index (χ0n) is 9.92. The van der Waals surface area contributed by atoms with E-state index in [1.165, 1.54) is 6.26 Å². The van der Waals surface area contributed by atoms with Gasteiger partial charge in [0.05, 0.1) is 6.61 Å². The van der Waals surface area contributed by atoms with Crippen molar-refractivity contribution in [3.05, 3.63) is 36.4 Å². The lowest BCUT2D eigenvalue weighted by Gasteiger charge is -2.02. The van der Waals surface area contributed by atoms with Crippen LogP contribution in [0.15, 0.2) is 34.9 Å². The molecule has 5 heteroatoms. The summed E-state index contributed by atoms with van der Waals surface area (Å²) in [5.41, 5.74) is 1.48. The Labute approximate surface area is 104 Å². The van der Waals surface area contributed by atoms with Gasteiger partial charge in [-0.15, -0.1) is 0 Å². The van der Waals surface area contributed by atoms with E-state index in [1.807, 2.05) is 31.2 Å². The molecule has 0 amide bonds. The molecule has 2 aromatic rings. The van der Waals surface area contributed by atoms with Gasteiger partial charge in [0.1, 0.15) is 24.1 Å². The van der Waals surface area contributed by atoms with Crippen LogP contribution in [0.25, 0.3) is 11.3 Å². The average Bonchev–Trinajstić information content (AvgIpc) is 2.78. The molecule has 18 heavy (non-hydrogen) atoms. The van der Waals surface area contributed by atoms with E-state index in [0.717, 1.165) is 11.3 Å². The molecule has 0 saturated carbocycles. The Kier molecular flexibility index (Phi) is 3.62. The normalized spacial score (nSPS) is 10.3. The molecule has 0 fully saturated rings. The number of carbonyl (C=O) groups is 1. The third-order valence-corrected chi connectivity index (χ3v) is 2.32. The summed E-state index contributed by atoms with van der Waals surface area (Å²) in [7, 11) is 0. The number of carboxylic acid groups (broad SMARTS) is 1. The number of hydrogen-bond donors (Lipinski definition) is 1. The molecule has 1 aromatic heterocycles. The molecule has 0 radical (unpaired) electrons. The molecule has 1 aromatic carbocycles.